The molecule has 1 aromatic heterocycles. The van der Waals surface area contributed by atoms with Crippen LogP contribution in [-0.4, -0.2) is 47.5 Å². The second-order valence-electron chi connectivity index (χ2n) is 7.63. The molecule has 3 N–H and O–H groups in total. The summed E-state index contributed by atoms with van der Waals surface area (Å²) in [7, 11) is -3.02. The Hall–Kier alpha value is -2.27. The Kier molecular flexibility index (Phi) is 6.85. The van der Waals surface area contributed by atoms with Gasteiger partial charge in [0.1, 0.15) is 15.5 Å². The number of hydrogen-bond acceptors (Lipinski definition) is 5. The van der Waals surface area contributed by atoms with Gasteiger partial charge in [-0.05, 0) is 48.9 Å². The van der Waals surface area contributed by atoms with Crippen molar-refractivity contribution in [3.05, 3.63) is 46.2 Å². The number of nitrogen functional groups attached to an aromatic ring is 1. The van der Waals surface area contributed by atoms with Crippen molar-refractivity contribution in [1.82, 2.24) is 15.1 Å². The zero-order chi connectivity index (χ0) is 22.8. The van der Waals surface area contributed by atoms with Crippen LogP contribution in [0.2, 0.25) is 5.02 Å². The van der Waals surface area contributed by atoms with Crippen LogP contribution in [0.25, 0.3) is 0 Å². The first-order chi connectivity index (χ1) is 14.4. The van der Waals surface area contributed by atoms with E-state index in [-0.39, 0.29) is 36.2 Å². The van der Waals surface area contributed by atoms with Gasteiger partial charge in [-0.3, -0.25) is 9.89 Å². The van der Waals surface area contributed by atoms with Crippen molar-refractivity contribution in [2.45, 2.75) is 32.0 Å². The topological polar surface area (TPSA) is 109 Å². The van der Waals surface area contributed by atoms with Gasteiger partial charge in [-0.25, -0.2) is 8.42 Å². The lowest BCUT2D eigenvalue weighted by molar-refractivity contribution is -0.141. The van der Waals surface area contributed by atoms with Crippen LogP contribution in [0.5, 0.6) is 0 Å². The first kappa shape index (κ1) is 23.4. The molecule has 3 rings (SSSR count). The molecule has 1 aliphatic rings. The Labute approximate surface area is 182 Å². The highest BCUT2D eigenvalue weighted by atomic mass is 35.5. The quantitative estimate of drug-likeness (QED) is 0.617. The largest absolute Gasteiger partial charge is 0.432 e. The molecule has 0 aliphatic carbocycles. The van der Waals surface area contributed by atoms with Crippen LogP contribution in [0, 0.1) is 5.92 Å². The number of amides is 1. The van der Waals surface area contributed by atoms with E-state index >= 15 is 0 Å². The number of carbonyl (C=O) groups is 1. The number of carbonyl (C=O) groups excluding carboxylic acids is 1. The molecule has 1 fully saturated rings. The Morgan fingerprint density at radius 3 is 2.55 bits per heavy atom. The maximum atomic E-state index is 13.0. The number of aromatic amines is 1. The average Bonchev–Trinajstić information content (AvgIpc) is 3.19. The number of H-pyrrole nitrogens is 1. The lowest BCUT2D eigenvalue weighted by atomic mass is 9.98. The van der Waals surface area contributed by atoms with Crippen LogP contribution >= 0.6 is 11.6 Å². The Morgan fingerprint density at radius 1 is 1.26 bits per heavy atom. The van der Waals surface area contributed by atoms with Crippen LogP contribution < -0.4 is 5.73 Å². The molecule has 31 heavy (non-hydrogen) atoms. The normalized spacial score (nSPS) is 16.9. The van der Waals surface area contributed by atoms with Crippen molar-refractivity contribution >= 4 is 33.0 Å². The van der Waals surface area contributed by atoms with Crippen molar-refractivity contribution in [1.29, 1.82) is 0 Å². The molecule has 1 aromatic carbocycles. The number of sulfone groups is 1. The van der Waals surface area contributed by atoms with Gasteiger partial charge in [-0.15, -0.1) is 0 Å². The van der Waals surface area contributed by atoms with E-state index in [0.29, 0.717) is 41.6 Å². The van der Waals surface area contributed by atoms with E-state index in [1.165, 1.54) is 4.90 Å². The molecule has 2 heterocycles. The minimum Gasteiger partial charge on any atom is -0.399 e. The highest BCUT2D eigenvalue weighted by Crippen LogP contribution is 2.29. The lowest BCUT2D eigenvalue weighted by Crippen LogP contribution is -2.34. The van der Waals surface area contributed by atoms with Crippen LogP contribution in [0.4, 0.5) is 18.9 Å². The van der Waals surface area contributed by atoms with E-state index in [1.54, 1.807) is 18.2 Å². The van der Waals surface area contributed by atoms with Crippen molar-refractivity contribution in [3.8, 4) is 0 Å². The monoisotopic (exact) mass is 478 g/mol. The number of halogens is 4. The third kappa shape index (κ3) is 6.13. The SMILES string of the molecule is Nc1ccc(Cl)c(CN(CCC2CCS(=O)(=O)CC2)C(=O)c2cc(C(F)(F)F)[nH]n2)c1. The summed E-state index contributed by atoms with van der Waals surface area (Å²) in [5, 5.41) is 5.74. The molecule has 12 heteroatoms. The molecular weight excluding hydrogens is 457 g/mol. The van der Waals surface area contributed by atoms with Gasteiger partial charge in [-0.1, -0.05) is 11.6 Å². The summed E-state index contributed by atoms with van der Waals surface area (Å²) in [6.07, 6.45) is -3.16. The highest BCUT2D eigenvalue weighted by Gasteiger charge is 2.34. The number of aromatic nitrogens is 2. The van der Waals surface area contributed by atoms with Crippen molar-refractivity contribution in [3.63, 3.8) is 0 Å². The van der Waals surface area contributed by atoms with Crippen molar-refractivity contribution in [2.75, 3.05) is 23.8 Å². The highest BCUT2D eigenvalue weighted by molar-refractivity contribution is 7.91. The summed E-state index contributed by atoms with van der Waals surface area (Å²) in [4.78, 5) is 14.3. The third-order valence-corrected chi connectivity index (χ3v) is 7.39. The fraction of sp³-hybridized carbons (Fsp3) is 0.474. The van der Waals surface area contributed by atoms with Crippen LogP contribution in [0.1, 0.15) is 41.0 Å². The van der Waals surface area contributed by atoms with Gasteiger partial charge in [0.05, 0.1) is 11.5 Å². The molecular formula is C19H22ClF3N4O3S. The molecule has 7 nitrogen and oxygen atoms in total. The van der Waals surface area contributed by atoms with Crippen molar-refractivity contribution < 1.29 is 26.4 Å². The summed E-state index contributed by atoms with van der Waals surface area (Å²) in [5.41, 5.74) is 5.30. The molecule has 1 amide bonds. The first-order valence-corrected chi connectivity index (χ1v) is 11.8. The Morgan fingerprint density at radius 2 is 1.94 bits per heavy atom. The number of hydrogen-bond donors (Lipinski definition) is 2. The number of nitrogens with two attached hydrogens (primary N) is 1. The van der Waals surface area contributed by atoms with Gasteiger partial charge in [0.2, 0.25) is 0 Å². The van der Waals surface area contributed by atoms with Gasteiger partial charge in [0, 0.05) is 29.9 Å². The molecule has 0 saturated carbocycles. The molecule has 1 saturated heterocycles. The first-order valence-electron chi connectivity index (χ1n) is 9.61. The zero-order valence-corrected chi connectivity index (χ0v) is 18.0. The number of rotatable bonds is 6. The number of alkyl halides is 3. The number of anilines is 1. The van der Waals surface area contributed by atoms with Crippen LogP contribution in [0.3, 0.4) is 0 Å². The fourth-order valence-corrected chi connectivity index (χ4v) is 5.24. The molecule has 1 aliphatic heterocycles. The smallest absolute Gasteiger partial charge is 0.399 e. The number of nitrogens with zero attached hydrogens (tertiary/aromatic N) is 2. The molecule has 0 unspecified atom stereocenters. The number of benzene rings is 1. The second kappa shape index (κ2) is 9.07. The van der Waals surface area contributed by atoms with E-state index in [0.717, 1.165) is 0 Å². The predicted octanol–water partition coefficient (Wildman–Crippen LogP) is 3.52. The lowest BCUT2D eigenvalue weighted by Gasteiger charge is -2.27. The minimum absolute atomic E-state index is 0.0297. The standard InChI is InChI=1S/C19H22ClF3N4O3S/c20-15-2-1-14(24)9-13(15)11-27(6-3-12-4-7-31(29,30)8-5-12)18(28)16-10-17(26-25-16)19(21,22)23/h1-2,9-10,12H,3-8,11,24H2,(H,25,26). The summed E-state index contributed by atoms with van der Waals surface area (Å²) in [6, 6.07) is 5.45. The summed E-state index contributed by atoms with van der Waals surface area (Å²) >= 11 is 6.20. The fourth-order valence-electron chi connectivity index (χ4n) is 3.48. The van der Waals surface area contributed by atoms with E-state index in [4.69, 9.17) is 17.3 Å². The van der Waals surface area contributed by atoms with Gasteiger partial charge >= 0.3 is 6.18 Å². The molecule has 0 atom stereocenters. The molecule has 170 valence electrons. The minimum atomic E-state index is -4.65. The predicted molar refractivity (Wildman–Crippen MR) is 110 cm³/mol. The number of nitrogens with one attached hydrogen (secondary N) is 1. The third-order valence-electron chi connectivity index (χ3n) is 5.30. The van der Waals surface area contributed by atoms with Crippen molar-refractivity contribution in [2.24, 2.45) is 5.92 Å². The Balaban J connectivity index is 1.78. The molecule has 2 aromatic rings. The maximum Gasteiger partial charge on any atom is 0.432 e. The van der Waals surface area contributed by atoms with Gasteiger partial charge in [0.25, 0.3) is 5.91 Å². The van der Waals surface area contributed by atoms with E-state index in [9.17, 15) is 26.4 Å². The second-order valence-corrected chi connectivity index (χ2v) is 10.3. The van der Waals surface area contributed by atoms with Gasteiger partial charge in [-0.2, -0.15) is 18.3 Å². The molecule has 0 bridgehead atoms. The van der Waals surface area contributed by atoms with E-state index < -0.39 is 27.6 Å². The van der Waals surface area contributed by atoms with Gasteiger partial charge in [0.15, 0.2) is 5.69 Å². The zero-order valence-electron chi connectivity index (χ0n) is 16.5. The van der Waals surface area contributed by atoms with Crippen LogP contribution in [0.15, 0.2) is 24.3 Å². The van der Waals surface area contributed by atoms with Gasteiger partial charge < -0.3 is 10.6 Å². The summed E-state index contributed by atoms with van der Waals surface area (Å²) in [5.74, 6) is -0.393. The molecule has 0 spiro atoms. The maximum absolute atomic E-state index is 13.0. The summed E-state index contributed by atoms with van der Waals surface area (Å²) in [6.45, 7) is 0.241. The van der Waals surface area contributed by atoms with E-state index in [1.807, 2.05) is 5.10 Å². The molecule has 0 radical (unpaired) electrons. The average molecular weight is 479 g/mol. The van der Waals surface area contributed by atoms with Crippen LogP contribution in [-0.2, 0) is 22.6 Å². The Bertz CT molecular complexity index is 1040. The van der Waals surface area contributed by atoms with E-state index in [2.05, 4.69) is 5.10 Å². The summed E-state index contributed by atoms with van der Waals surface area (Å²) < 4.78 is 61.9.